The second-order valence-corrected chi connectivity index (χ2v) is 9.94. The number of methoxy groups -OCH3 is 2. The van der Waals surface area contributed by atoms with Gasteiger partial charge < -0.3 is 14.8 Å². The van der Waals surface area contributed by atoms with Crippen molar-refractivity contribution in [1.82, 2.24) is 4.90 Å². The Bertz CT molecular complexity index is 1300. The predicted molar refractivity (Wildman–Crippen MR) is 142 cm³/mol. The summed E-state index contributed by atoms with van der Waals surface area (Å²) in [6.07, 6.45) is 0.000229. The van der Waals surface area contributed by atoms with Crippen LogP contribution >= 0.6 is 27.7 Å². The number of amidine groups is 1. The minimum Gasteiger partial charge on any atom is -0.493 e. The number of carbonyl (C=O) groups excluding carboxylic acids is 2. The summed E-state index contributed by atoms with van der Waals surface area (Å²) in [5, 5.41) is 2.53. The van der Waals surface area contributed by atoms with Crippen molar-refractivity contribution in [1.29, 1.82) is 0 Å². The van der Waals surface area contributed by atoms with Gasteiger partial charge in [0, 0.05) is 16.6 Å². The third kappa shape index (κ3) is 6.24. The normalized spacial score (nSPS) is 16.7. The Balaban J connectivity index is 1.61. The molecule has 1 N–H and O–H groups in total. The molecule has 0 radical (unpaired) electrons. The summed E-state index contributed by atoms with van der Waals surface area (Å²) in [7, 11) is 3.09. The van der Waals surface area contributed by atoms with Gasteiger partial charge in [-0.15, -0.1) is 0 Å². The zero-order chi connectivity index (χ0) is 25.7. The number of benzene rings is 3. The maximum atomic E-state index is 13.4. The Morgan fingerprint density at radius 1 is 1.11 bits per heavy atom. The van der Waals surface area contributed by atoms with Crippen LogP contribution in [0.2, 0.25) is 0 Å². The molecular formula is C26H23BrFN3O4S. The molecule has 1 fully saturated rings. The number of hydrogen-bond donors (Lipinski definition) is 1. The van der Waals surface area contributed by atoms with Crippen LogP contribution in [0.25, 0.3) is 0 Å². The van der Waals surface area contributed by atoms with Crippen molar-refractivity contribution in [3.63, 3.8) is 0 Å². The third-order valence-electron chi connectivity index (χ3n) is 5.36. The van der Waals surface area contributed by atoms with Crippen molar-refractivity contribution >= 4 is 56.0 Å². The molecule has 1 saturated heterocycles. The molecule has 1 unspecified atom stereocenters. The Morgan fingerprint density at radius 3 is 2.56 bits per heavy atom. The Kier molecular flexibility index (Phi) is 8.27. The van der Waals surface area contributed by atoms with E-state index in [9.17, 15) is 14.0 Å². The zero-order valence-electron chi connectivity index (χ0n) is 19.5. The molecule has 3 aromatic carbocycles. The van der Waals surface area contributed by atoms with Crippen molar-refractivity contribution in [2.24, 2.45) is 4.99 Å². The van der Waals surface area contributed by atoms with Crippen LogP contribution in [-0.4, -0.2) is 41.4 Å². The average Bonchev–Trinajstić information content (AvgIpc) is 2.87. The first-order valence-electron chi connectivity index (χ1n) is 10.9. The lowest BCUT2D eigenvalue weighted by molar-refractivity contribution is -0.129. The summed E-state index contributed by atoms with van der Waals surface area (Å²) in [5.74, 6) is 0.170. The fourth-order valence-corrected chi connectivity index (χ4v) is 5.07. The number of anilines is 1. The second kappa shape index (κ2) is 11.6. The lowest BCUT2D eigenvalue weighted by Gasteiger charge is -2.32. The van der Waals surface area contributed by atoms with Gasteiger partial charge in [-0.2, -0.15) is 0 Å². The molecule has 10 heteroatoms. The number of ether oxygens (including phenoxy) is 2. The molecule has 0 saturated carbocycles. The molecule has 3 aromatic rings. The maximum Gasteiger partial charge on any atom is 0.238 e. The van der Waals surface area contributed by atoms with Crippen molar-refractivity contribution < 1.29 is 23.5 Å². The standard InChI is InChI=1S/C26H23BrFN3O4S/c1-34-21-11-6-16(12-22(21)35-2)15-31-24(32)14-23(25(33)29-20-5-3-4-17(27)13-20)36-26(31)30-19-9-7-18(28)8-10-19/h3-13,23H,14-15H2,1-2H3,(H,29,33). The Hall–Kier alpha value is -3.37. The molecule has 1 aliphatic heterocycles. The van der Waals surface area contributed by atoms with E-state index < -0.39 is 5.25 Å². The van der Waals surface area contributed by atoms with Gasteiger partial charge in [-0.05, 0) is 60.2 Å². The fourth-order valence-electron chi connectivity index (χ4n) is 3.57. The molecule has 0 spiro atoms. The highest BCUT2D eigenvalue weighted by molar-refractivity contribution is 9.10. The summed E-state index contributed by atoms with van der Waals surface area (Å²) in [5.41, 5.74) is 1.88. The first kappa shape index (κ1) is 25.7. The lowest BCUT2D eigenvalue weighted by atomic mass is 10.1. The van der Waals surface area contributed by atoms with Crippen molar-refractivity contribution in [2.45, 2.75) is 18.2 Å². The lowest BCUT2D eigenvalue weighted by Crippen LogP contribution is -2.44. The van der Waals surface area contributed by atoms with Gasteiger partial charge in [-0.3, -0.25) is 14.5 Å². The monoisotopic (exact) mass is 571 g/mol. The highest BCUT2D eigenvalue weighted by Crippen LogP contribution is 2.33. The number of nitrogens with zero attached hydrogens (tertiary/aromatic N) is 2. The van der Waals surface area contributed by atoms with Crippen LogP contribution in [0.15, 0.2) is 76.2 Å². The molecule has 2 amide bonds. The molecule has 1 aliphatic rings. The summed E-state index contributed by atoms with van der Waals surface area (Å²) >= 11 is 4.58. The van der Waals surface area contributed by atoms with E-state index >= 15 is 0 Å². The fraction of sp³-hybridized carbons (Fsp3) is 0.192. The highest BCUT2D eigenvalue weighted by Gasteiger charge is 2.36. The molecule has 36 heavy (non-hydrogen) atoms. The van der Waals surface area contributed by atoms with E-state index in [1.165, 1.54) is 40.9 Å². The first-order chi connectivity index (χ1) is 17.4. The van der Waals surface area contributed by atoms with Crippen LogP contribution in [0.5, 0.6) is 11.5 Å². The van der Waals surface area contributed by atoms with E-state index in [2.05, 4.69) is 26.2 Å². The minimum atomic E-state index is -0.683. The maximum absolute atomic E-state index is 13.4. The van der Waals surface area contributed by atoms with Gasteiger partial charge in [-0.1, -0.05) is 39.8 Å². The minimum absolute atomic E-state index is 0.000229. The number of hydrogen-bond acceptors (Lipinski definition) is 6. The molecule has 0 bridgehead atoms. The summed E-state index contributed by atoms with van der Waals surface area (Å²) in [6.45, 7) is 0.214. The van der Waals surface area contributed by atoms with Crippen LogP contribution in [0, 0.1) is 5.82 Å². The molecule has 7 nitrogen and oxygen atoms in total. The van der Waals surface area contributed by atoms with Crippen LogP contribution in [0.1, 0.15) is 12.0 Å². The van der Waals surface area contributed by atoms with Crippen LogP contribution in [0.3, 0.4) is 0 Å². The van der Waals surface area contributed by atoms with E-state index in [1.54, 1.807) is 38.5 Å². The van der Waals surface area contributed by atoms with Gasteiger partial charge in [0.2, 0.25) is 11.8 Å². The van der Waals surface area contributed by atoms with Gasteiger partial charge >= 0.3 is 0 Å². The van der Waals surface area contributed by atoms with Gasteiger partial charge in [-0.25, -0.2) is 9.38 Å². The van der Waals surface area contributed by atoms with Crippen LogP contribution in [-0.2, 0) is 16.1 Å². The van der Waals surface area contributed by atoms with E-state index in [4.69, 9.17) is 9.47 Å². The zero-order valence-corrected chi connectivity index (χ0v) is 21.9. The second-order valence-electron chi connectivity index (χ2n) is 7.85. The quantitative estimate of drug-likeness (QED) is 0.389. The van der Waals surface area contributed by atoms with Crippen molar-refractivity contribution in [3.05, 3.63) is 82.6 Å². The van der Waals surface area contributed by atoms with Gasteiger partial charge in [0.05, 0.1) is 26.5 Å². The van der Waals surface area contributed by atoms with Gasteiger partial charge in [0.15, 0.2) is 16.7 Å². The number of carbonyl (C=O) groups is 2. The summed E-state index contributed by atoms with van der Waals surface area (Å²) in [6, 6.07) is 18.2. The van der Waals surface area contributed by atoms with Crippen molar-refractivity contribution in [2.75, 3.05) is 19.5 Å². The molecule has 186 valence electrons. The SMILES string of the molecule is COc1ccc(CN2C(=O)CC(C(=O)Nc3cccc(Br)c3)SC2=Nc2ccc(F)cc2)cc1OC. The molecule has 0 aromatic heterocycles. The van der Waals surface area contributed by atoms with E-state index in [0.717, 1.165) is 10.0 Å². The summed E-state index contributed by atoms with van der Waals surface area (Å²) < 4.78 is 24.9. The van der Waals surface area contributed by atoms with Gasteiger partial charge in [0.1, 0.15) is 11.1 Å². The number of aliphatic imine (C=N–C) groups is 1. The Morgan fingerprint density at radius 2 is 1.86 bits per heavy atom. The molecule has 4 rings (SSSR count). The van der Waals surface area contributed by atoms with Crippen LogP contribution < -0.4 is 14.8 Å². The predicted octanol–water partition coefficient (Wildman–Crippen LogP) is 5.77. The number of halogens is 2. The van der Waals surface area contributed by atoms with E-state index in [1.807, 2.05) is 18.2 Å². The van der Waals surface area contributed by atoms with E-state index in [0.29, 0.717) is 28.0 Å². The molecule has 1 atom stereocenters. The topological polar surface area (TPSA) is 80.2 Å². The smallest absolute Gasteiger partial charge is 0.238 e. The van der Waals surface area contributed by atoms with Gasteiger partial charge in [0.25, 0.3) is 0 Å². The average molecular weight is 572 g/mol. The third-order valence-corrected chi connectivity index (χ3v) is 7.05. The van der Waals surface area contributed by atoms with Crippen molar-refractivity contribution in [3.8, 4) is 11.5 Å². The largest absolute Gasteiger partial charge is 0.493 e. The van der Waals surface area contributed by atoms with Crippen LogP contribution in [0.4, 0.5) is 15.8 Å². The molecule has 0 aliphatic carbocycles. The molecule has 1 heterocycles. The number of nitrogens with one attached hydrogen (secondary N) is 1. The summed E-state index contributed by atoms with van der Waals surface area (Å²) in [4.78, 5) is 32.4. The number of amides is 2. The first-order valence-corrected chi connectivity index (χ1v) is 12.6. The number of rotatable bonds is 7. The number of thioether (sulfide) groups is 1. The molecular weight excluding hydrogens is 549 g/mol. The van der Waals surface area contributed by atoms with E-state index in [-0.39, 0.29) is 30.6 Å². The Labute approximate surface area is 220 Å². The highest BCUT2D eigenvalue weighted by atomic mass is 79.9.